The molecule has 0 aliphatic carbocycles. The Kier molecular flexibility index (Phi) is 7.49. The molecule has 1 atom stereocenters. The monoisotopic (exact) mass is 401 g/mol. The Labute approximate surface area is 158 Å². The molecule has 1 amide bonds. The third kappa shape index (κ3) is 4.09. The summed E-state index contributed by atoms with van der Waals surface area (Å²) >= 11 is 1.40. The van der Waals surface area contributed by atoms with Gasteiger partial charge < -0.3 is 9.64 Å². The summed E-state index contributed by atoms with van der Waals surface area (Å²) in [5.74, 6) is -1.49. The van der Waals surface area contributed by atoms with Gasteiger partial charge in [-0.3, -0.25) is 4.79 Å². The number of carbonyl (C=O) groups excluding carboxylic acids is 1. The first-order chi connectivity index (χ1) is 9.95. The van der Waals surface area contributed by atoms with Crippen LogP contribution in [0.25, 0.3) is 5.70 Å². The molecule has 117 valence electrons. The van der Waals surface area contributed by atoms with Crippen LogP contribution in [-0.2, 0) is 37.5 Å². The van der Waals surface area contributed by atoms with Gasteiger partial charge in [0.25, 0.3) is 0 Å². The van der Waals surface area contributed by atoms with Crippen LogP contribution < -0.4 is 4.74 Å². The molecule has 0 saturated heterocycles. The van der Waals surface area contributed by atoms with Crippen LogP contribution in [-0.4, -0.2) is 30.0 Å². The number of hydrogen-bond donors (Lipinski definition) is 0. The average Bonchev–Trinajstić information content (AvgIpc) is 2.44. The molecule has 7 heteroatoms. The Morgan fingerprint density at radius 1 is 1.41 bits per heavy atom. The van der Waals surface area contributed by atoms with Crippen LogP contribution in [0.1, 0.15) is 18.9 Å². The van der Waals surface area contributed by atoms with Crippen LogP contribution in [0.3, 0.4) is 0 Å². The molecule has 1 heterocycles. The normalized spacial score (nSPS) is 17.9. The van der Waals surface area contributed by atoms with Crippen LogP contribution in [0.2, 0.25) is 0 Å². The number of nitrogens with zero attached hydrogens (tertiary/aromatic N) is 1. The molecule has 2 rings (SSSR count). The number of allylic oxidation sites excluding steroid dienone is 1. The van der Waals surface area contributed by atoms with Crippen molar-refractivity contribution in [3.8, 4) is 5.75 Å². The molecule has 1 aliphatic rings. The molecule has 0 spiro atoms. The van der Waals surface area contributed by atoms with E-state index in [9.17, 15) is 13.6 Å². The van der Waals surface area contributed by atoms with Crippen molar-refractivity contribution in [3.63, 3.8) is 0 Å². The van der Waals surface area contributed by atoms with E-state index in [1.54, 1.807) is 6.92 Å². The second-order valence-electron chi connectivity index (χ2n) is 4.84. The van der Waals surface area contributed by atoms with Crippen LogP contribution in [0.4, 0.5) is 8.78 Å². The molecular weight excluding hydrogens is 385 g/mol. The van der Waals surface area contributed by atoms with Crippen molar-refractivity contribution in [2.75, 3.05) is 19.2 Å². The van der Waals surface area contributed by atoms with Gasteiger partial charge in [0.05, 0.1) is 11.6 Å². The summed E-state index contributed by atoms with van der Waals surface area (Å²) in [7, 11) is 1.50. The second-order valence-corrected chi connectivity index (χ2v) is 5.65. The molecule has 0 saturated carbocycles. The van der Waals surface area contributed by atoms with Gasteiger partial charge in [0.15, 0.2) is 0 Å². The first kappa shape index (κ1) is 19.6. The van der Waals surface area contributed by atoms with E-state index in [4.69, 9.17) is 4.74 Å². The van der Waals surface area contributed by atoms with Crippen LogP contribution >= 0.6 is 11.8 Å². The molecule has 0 bridgehead atoms. The summed E-state index contributed by atoms with van der Waals surface area (Å²) in [4.78, 5) is 13.2. The number of thioether (sulfide) groups is 1. The minimum atomic E-state index is -0.761. The van der Waals surface area contributed by atoms with Gasteiger partial charge >= 0.3 is 0 Å². The minimum absolute atomic E-state index is 0. The van der Waals surface area contributed by atoms with Crippen molar-refractivity contribution in [1.82, 2.24) is 4.90 Å². The van der Waals surface area contributed by atoms with E-state index in [0.29, 0.717) is 12.4 Å². The predicted octanol–water partition coefficient (Wildman–Crippen LogP) is 3.30. The largest absolute Gasteiger partial charge is 0.483 e. The number of amides is 1. The maximum atomic E-state index is 14.2. The molecule has 1 radical (unpaired) electrons. The zero-order chi connectivity index (χ0) is 15.6. The Morgan fingerprint density at radius 2 is 2.00 bits per heavy atom. The molecule has 22 heavy (non-hydrogen) atoms. The molecule has 1 aliphatic heterocycles. The Morgan fingerprint density at radius 3 is 2.55 bits per heavy atom. The Balaban J connectivity index is 0.00000242. The van der Waals surface area contributed by atoms with E-state index in [1.165, 1.54) is 23.7 Å². The van der Waals surface area contributed by atoms with Gasteiger partial charge in [0.2, 0.25) is 5.91 Å². The zero-order valence-electron chi connectivity index (χ0n) is 12.7. The first-order valence-corrected chi connectivity index (χ1v) is 7.84. The molecule has 1 unspecified atom stereocenters. The van der Waals surface area contributed by atoms with Crippen molar-refractivity contribution >= 4 is 23.4 Å². The van der Waals surface area contributed by atoms with Gasteiger partial charge in [0, 0.05) is 45.7 Å². The summed E-state index contributed by atoms with van der Waals surface area (Å²) in [5, 5.41) is 0. The SMILES string of the molecule is CSCOc1cc(F)c(C2=[C-]CC(C)C(=O)N2C)c(F)c1.[Y]. The van der Waals surface area contributed by atoms with Crippen molar-refractivity contribution < 1.29 is 51.0 Å². The zero-order valence-corrected chi connectivity index (χ0v) is 16.3. The number of hydrogen-bond acceptors (Lipinski definition) is 3. The maximum Gasteiger partial charge on any atom is 0.225 e. The Bertz CT molecular complexity index is 572. The summed E-state index contributed by atoms with van der Waals surface area (Å²) in [6.07, 6.45) is 5.08. The Hall–Kier alpha value is -0.456. The molecule has 1 aromatic rings. The maximum absolute atomic E-state index is 14.2. The van der Waals surface area contributed by atoms with E-state index >= 15 is 0 Å². The summed E-state index contributed by atoms with van der Waals surface area (Å²) in [6, 6.07) is 2.25. The molecule has 0 N–H and O–H groups in total. The van der Waals surface area contributed by atoms with Crippen LogP contribution in [0, 0.1) is 23.6 Å². The van der Waals surface area contributed by atoms with E-state index < -0.39 is 11.6 Å². The number of ether oxygens (including phenoxy) is 1. The number of benzene rings is 1. The van der Waals surface area contributed by atoms with Gasteiger partial charge in [-0.25, -0.2) is 14.9 Å². The van der Waals surface area contributed by atoms with Gasteiger partial charge in [-0.1, -0.05) is 18.9 Å². The molecule has 1 aromatic carbocycles. The summed E-state index contributed by atoms with van der Waals surface area (Å²) in [6.45, 7) is 1.76. The molecule has 3 nitrogen and oxygen atoms in total. The number of carbonyl (C=O) groups is 1. The van der Waals surface area contributed by atoms with Crippen molar-refractivity contribution in [1.29, 1.82) is 0 Å². The fraction of sp³-hybridized carbons (Fsp3) is 0.400. The third-order valence-electron chi connectivity index (χ3n) is 3.26. The van der Waals surface area contributed by atoms with Gasteiger partial charge in [-0.05, 0) is 18.4 Å². The smallest absolute Gasteiger partial charge is 0.225 e. The minimum Gasteiger partial charge on any atom is -0.483 e. The van der Waals surface area contributed by atoms with E-state index in [2.05, 4.69) is 6.08 Å². The van der Waals surface area contributed by atoms with E-state index in [0.717, 1.165) is 12.1 Å². The van der Waals surface area contributed by atoms with Gasteiger partial charge in [-0.15, -0.1) is 17.5 Å². The van der Waals surface area contributed by atoms with Crippen molar-refractivity contribution in [2.24, 2.45) is 5.92 Å². The van der Waals surface area contributed by atoms with Gasteiger partial charge in [-0.2, -0.15) is 0 Å². The third-order valence-corrected chi connectivity index (χ3v) is 3.61. The first-order valence-electron chi connectivity index (χ1n) is 6.45. The van der Waals surface area contributed by atoms with Crippen molar-refractivity contribution in [2.45, 2.75) is 13.3 Å². The van der Waals surface area contributed by atoms with Crippen LogP contribution in [0.15, 0.2) is 12.1 Å². The fourth-order valence-corrected chi connectivity index (χ4v) is 2.39. The van der Waals surface area contributed by atoms with Crippen molar-refractivity contribution in [3.05, 3.63) is 35.4 Å². The fourth-order valence-electron chi connectivity index (χ4n) is 2.14. The average molecular weight is 401 g/mol. The molecule has 0 fully saturated rings. The second kappa shape index (κ2) is 8.41. The van der Waals surface area contributed by atoms with E-state index in [1.807, 2.05) is 6.26 Å². The molecular formula is C15H16F2NO2SY-. The molecule has 0 aromatic heterocycles. The van der Waals surface area contributed by atoms with Gasteiger partial charge in [0.1, 0.15) is 11.7 Å². The number of halogens is 2. The summed E-state index contributed by atoms with van der Waals surface area (Å²) in [5.41, 5.74) is -0.0984. The topological polar surface area (TPSA) is 29.5 Å². The van der Waals surface area contributed by atoms with E-state index in [-0.39, 0.29) is 61.5 Å². The van der Waals surface area contributed by atoms with Crippen LogP contribution in [0.5, 0.6) is 5.75 Å². The predicted molar refractivity (Wildman–Crippen MR) is 78.6 cm³/mol. The summed E-state index contributed by atoms with van der Waals surface area (Å²) < 4.78 is 33.6. The standard InChI is InChI=1S/C15H16F2NO2S.Y/c1-9-4-5-13(18(2)15(9)19)14-11(16)6-10(7-12(14)17)20-8-21-3;/h6-7,9H,4,8H2,1-3H3;/q-1;. The quantitative estimate of drug-likeness (QED) is 0.573. The number of rotatable bonds is 4.